The first-order valence-corrected chi connectivity index (χ1v) is 5.62. The number of nitrogens with zero attached hydrogens (tertiary/aromatic N) is 4. The molecule has 22 heavy (non-hydrogen) atoms. The normalized spacial score (nSPS) is 10.0. The van der Waals surface area contributed by atoms with Crippen LogP contribution >= 0.6 is 0 Å². The Balaban J connectivity index is 0.000000160. The summed E-state index contributed by atoms with van der Waals surface area (Å²) >= 11 is 0. The average Bonchev–Trinajstić information content (AvgIpc) is 3.07. The van der Waals surface area contributed by atoms with Crippen LogP contribution in [0, 0.1) is 0 Å². The Morgan fingerprint density at radius 2 is 1.68 bits per heavy atom. The van der Waals surface area contributed by atoms with Gasteiger partial charge in [0.15, 0.2) is 22.9 Å². The van der Waals surface area contributed by atoms with Crippen LogP contribution in [0.5, 0.6) is 0 Å². The molecular weight excluding hydrogens is 296 g/mol. The summed E-state index contributed by atoms with van der Waals surface area (Å²) in [6, 6.07) is 0. The fourth-order valence-electron chi connectivity index (χ4n) is 1.49. The summed E-state index contributed by atoms with van der Waals surface area (Å²) in [5.74, 6) is -2.23. The molecule has 3 rings (SSSR count). The van der Waals surface area contributed by atoms with Crippen LogP contribution in [0.1, 0.15) is 21.0 Å². The predicted octanol–water partition coefficient (Wildman–Crippen LogP) is -0.677. The second-order valence-corrected chi connectivity index (χ2v) is 3.80. The minimum absolute atomic E-state index is 0.141. The van der Waals surface area contributed by atoms with E-state index in [2.05, 4.69) is 29.9 Å². The summed E-state index contributed by atoms with van der Waals surface area (Å²) in [6.45, 7) is 0. The van der Waals surface area contributed by atoms with E-state index in [-0.39, 0.29) is 5.95 Å². The number of nitrogen functional groups attached to an aromatic ring is 2. The summed E-state index contributed by atoms with van der Waals surface area (Å²) in [5.41, 5.74) is 11.1. The number of nitrogens with one attached hydrogen (secondary N) is 2. The van der Waals surface area contributed by atoms with Crippen LogP contribution in [0.15, 0.2) is 12.7 Å². The molecule has 3 heterocycles. The number of anilines is 2. The molecule has 8 N–H and O–H groups in total. The van der Waals surface area contributed by atoms with Gasteiger partial charge in [0, 0.05) is 0 Å². The van der Waals surface area contributed by atoms with Crippen LogP contribution in [-0.2, 0) is 0 Å². The van der Waals surface area contributed by atoms with Gasteiger partial charge in [0.1, 0.15) is 5.52 Å². The van der Waals surface area contributed by atoms with Crippen LogP contribution in [0.3, 0.4) is 0 Å². The second-order valence-electron chi connectivity index (χ2n) is 3.80. The standard InChI is InChI=1S/C5H6N6.C5H4N2O4/c6-3-2-4(9-1-8-2)11-5(7)10-3;8-4(9)2-3(5(10)11)7-1-6-2/h1H,(H5,6,7,8,9,10,11);1H,(H,6,7)(H,8,9)(H,10,11). The summed E-state index contributed by atoms with van der Waals surface area (Å²) in [6.07, 6.45) is 2.52. The molecule has 0 aliphatic rings. The van der Waals surface area contributed by atoms with E-state index < -0.39 is 23.3 Å². The molecule has 0 bridgehead atoms. The molecular formula is C10H10N8O4. The van der Waals surface area contributed by atoms with Crippen LogP contribution in [-0.4, -0.2) is 52.1 Å². The third-order valence-electron chi connectivity index (χ3n) is 2.39. The van der Waals surface area contributed by atoms with Gasteiger partial charge in [-0.25, -0.2) is 19.6 Å². The number of fused-ring (bicyclic) bond motifs is 1. The van der Waals surface area contributed by atoms with Crippen molar-refractivity contribution in [3.8, 4) is 0 Å². The number of rotatable bonds is 2. The number of hydrogen-bond donors (Lipinski definition) is 6. The third-order valence-corrected chi connectivity index (χ3v) is 2.39. The highest BCUT2D eigenvalue weighted by Crippen LogP contribution is 2.12. The molecule has 0 fully saturated rings. The largest absolute Gasteiger partial charge is 0.477 e. The molecule has 0 aromatic carbocycles. The predicted molar refractivity (Wildman–Crippen MR) is 73.0 cm³/mol. The first-order chi connectivity index (χ1) is 10.4. The highest BCUT2D eigenvalue weighted by Gasteiger charge is 2.17. The molecule has 3 aromatic heterocycles. The highest BCUT2D eigenvalue weighted by atomic mass is 16.4. The Labute approximate surface area is 121 Å². The lowest BCUT2D eigenvalue weighted by Gasteiger charge is -1.94. The topological polar surface area (TPSA) is 210 Å². The summed E-state index contributed by atoms with van der Waals surface area (Å²) in [7, 11) is 0. The van der Waals surface area contributed by atoms with Crippen LogP contribution < -0.4 is 11.5 Å². The van der Waals surface area contributed by atoms with E-state index in [1.165, 1.54) is 6.33 Å². The van der Waals surface area contributed by atoms with Crippen LogP contribution in [0.4, 0.5) is 11.8 Å². The number of imidazole rings is 2. The van der Waals surface area contributed by atoms with Crippen molar-refractivity contribution < 1.29 is 19.8 Å². The van der Waals surface area contributed by atoms with Gasteiger partial charge in [-0.2, -0.15) is 9.97 Å². The smallest absolute Gasteiger partial charge is 0.357 e. The van der Waals surface area contributed by atoms with E-state index in [1.54, 1.807) is 0 Å². The first-order valence-electron chi connectivity index (χ1n) is 5.62. The first kappa shape index (κ1) is 14.7. The Kier molecular flexibility index (Phi) is 3.84. The SMILES string of the molecule is Nc1nc(N)c2[nH]cnc2n1.O=C(O)c1nc[nH]c1C(=O)O. The maximum atomic E-state index is 10.3. The summed E-state index contributed by atoms with van der Waals surface area (Å²) in [5, 5.41) is 16.7. The van der Waals surface area contributed by atoms with Crippen molar-refractivity contribution in [1.82, 2.24) is 29.9 Å². The molecule has 3 aromatic rings. The minimum Gasteiger partial charge on any atom is -0.477 e. The molecule has 0 aliphatic heterocycles. The van der Waals surface area contributed by atoms with Gasteiger partial charge in [0.2, 0.25) is 5.95 Å². The maximum Gasteiger partial charge on any atom is 0.357 e. The molecule has 114 valence electrons. The fourth-order valence-corrected chi connectivity index (χ4v) is 1.49. The zero-order chi connectivity index (χ0) is 16.3. The number of carboxylic acid groups (broad SMARTS) is 2. The van der Waals surface area contributed by atoms with Crippen molar-refractivity contribution in [2.45, 2.75) is 0 Å². The minimum atomic E-state index is -1.36. The summed E-state index contributed by atoms with van der Waals surface area (Å²) < 4.78 is 0. The van der Waals surface area contributed by atoms with Crippen molar-refractivity contribution >= 4 is 34.9 Å². The highest BCUT2D eigenvalue weighted by molar-refractivity contribution is 5.98. The molecule has 0 radical (unpaired) electrons. The van der Waals surface area contributed by atoms with Gasteiger partial charge in [-0.3, -0.25) is 0 Å². The molecule has 0 saturated carbocycles. The number of aromatic amines is 2. The lowest BCUT2D eigenvalue weighted by atomic mass is 10.3. The van der Waals surface area contributed by atoms with Crippen LogP contribution in [0.2, 0.25) is 0 Å². The Bertz CT molecular complexity index is 810. The third kappa shape index (κ3) is 2.90. The van der Waals surface area contributed by atoms with E-state index in [9.17, 15) is 9.59 Å². The van der Waals surface area contributed by atoms with Gasteiger partial charge in [0.05, 0.1) is 12.7 Å². The number of aromatic carboxylic acids is 2. The number of hydrogen-bond acceptors (Lipinski definition) is 8. The van der Waals surface area contributed by atoms with E-state index in [0.717, 1.165) is 6.33 Å². The molecule has 12 nitrogen and oxygen atoms in total. The number of carboxylic acids is 2. The Morgan fingerprint density at radius 1 is 1.00 bits per heavy atom. The number of aromatic nitrogens is 6. The number of nitrogens with two attached hydrogens (primary N) is 2. The zero-order valence-electron chi connectivity index (χ0n) is 10.8. The van der Waals surface area contributed by atoms with E-state index in [0.29, 0.717) is 17.0 Å². The second kappa shape index (κ2) is 5.74. The molecule has 0 saturated heterocycles. The average molecular weight is 306 g/mol. The fraction of sp³-hybridized carbons (Fsp3) is 0. The van der Waals surface area contributed by atoms with Crippen molar-refractivity contribution in [2.24, 2.45) is 0 Å². The molecule has 0 aliphatic carbocycles. The van der Waals surface area contributed by atoms with Gasteiger partial charge in [-0.15, -0.1) is 0 Å². The van der Waals surface area contributed by atoms with E-state index in [4.69, 9.17) is 21.7 Å². The molecule has 0 unspecified atom stereocenters. The Morgan fingerprint density at radius 3 is 2.27 bits per heavy atom. The van der Waals surface area contributed by atoms with Crippen molar-refractivity contribution in [3.05, 3.63) is 24.0 Å². The van der Waals surface area contributed by atoms with Crippen LogP contribution in [0.25, 0.3) is 11.2 Å². The van der Waals surface area contributed by atoms with Crippen molar-refractivity contribution in [3.63, 3.8) is 0 Å². The number of H-pyrrole nitrogens is 2. The summed E-state index contributed by atoms with van der Waals surface area (Å²) in [4.78, 5) is 40.3. The quantitative estimate of drug-likeness (QED) is 0.351. The molecule has 12 heteroatoms. The lowest BCUT2D eigenvalue weighted by Crippen LogP contribution is -2.07. The van der Waals surface area contributed by atoms with Gasteiger partial charge < -0.3 is 31.6 Å². The molecule has 0 atom stereocenters. The van der Waals surface area contributed by atoms with Gasteiger partial charge in [-0.05, 0) is 0 Å². The molecule has 0 spiro atoms. The number of carbonyl (C=O) groups is 2. The van der Waals surface area contributed by atoms with Gasteiger partial charge in [0.25, 0.3) is 0 Å². The van der Waals surface area contributed by atoms with E-state index >= 15 is 0 Å². The van der Waals surface area contributed by atoms with Crippen molar-refractivity contribution in [2.75, 3.05) is 11.5 Å². The van der Waals surface area contributed by atoms with Gasteiger partial charge in [-0.1, -0.05) is 0 Å². The van der Waals surface area contributed by atoms with Gasteiger partial charge >= 0.3 is 11.9 Å². The maximum absolute atomic E-state index is 10.3. The molecule has 0 amide bonds. The monoisotopic (exact) mass is 306 g/mol. The zero-order valence-corrected chi connectivity index (χ0v) is 10.8. The van der Waals surface area contributed by atoms with E-state index in [1.807, 2.05) is 0 Å². The lowest BCUT2D eigenvalue weighted by molar-refractivity contribution is 0.0644. The Hall–Kier alpha value is -3.70. The van der Waals surface area contributed by atoms with Crippen molar-refractivity contribution in [1.29, 1.82) is 0 Å².